The number of hydrogen-bond acceptors (Lipinski definition) is 1. The third-order valence-electron chi connectivity index (χ3n) is 2.78. The molecule has 0 heterocycles. The Balaban J connectivity index is 2.04. The maximum Gasteiger partial charge on any atom is 0.0901 e. The van der Waals surface area contributed by atoms with E-state index in [1.807, 2.05) is 6.26 Å². The highest BCUT2D eigenvalue weighted by molar-refractivity contribution is 4.76. The smallest absolute Gasteiger partial charge is 0.0901 e. The van der Waals surface area contributed by atoms with Gasteiger partial charge >= 0.3 is 0 Å². The van der Waals surface area contributed by atoms with Gasteiger partial charge in [-0.05, 0) is 44.1 Å². The average molecular weight is 195 g/mol. The Kier molecular flexibility index (Phi) is 6.55. The fourth-order valence-corrected chi connectivity index (χ4v) is 1.85. The minimum Gasteiger partial charge on any atom is -0.501 e. The van der Waals surface area contributed by atoms with Gasteiger partial charge in [0, 0.05) is 0 Å². The van der Waals surface area contributed by atoms with Gasteiger partial charge in [-0.2, -0.15) is 0 Å². The van der Waals surface area contributed by atoms with Crippen molar-refractivity contribution >= 4 is 0 Å². The van der Waals surface area contributed by atoms with Crippen molar-refractivity contribution in [3.05, 3.63) is 18.8 Å². The Morgan fingerprint density at radius 1 is 1.36 bits per heavy atom. The third-order valence-corrected chi connectivity index (χ3v) is 2.78. The minimum absolute atomic E-state index is 0.792. The molecule has 0 spiro atoms. The van der Waals surface area contributed by atoms with E-state index in [9.17, 15) is 0 Å². The van der Waals surface area contributed by atoms with Gasteiger partial charge in [-0.15, -0.1) is 0 Å². The van der Waals surface area contributed by atoms with Crippen LogP contribution < -0.4 is 0 Å². The molecule has 1 saturated carbocycles. The molecular weight excluding hydrogens is 172 g/mol. The maximum atomic E-state index is 5.54. The van der Waals surface area contributed by atoms with Crippen LogP contribution in [0.3, 0.4) is 0 Å². The Morgan fingerprint density at radius 3 is 3.14 bits per heavy atom. The summed E-state index contributed by atoms with van der Waals surface area (Å²) in [6, 6.07) is 0. The Labute approximate surface area is 88.5 Å². The van der Waals surface area contributed by atoms with Crippen LogP contribution in [0.1, 0.15) is 51.9 Å². The van der Waals surface area contributed by atoms with Crippen LogP contribution in [0.2, 0.25) is 0 Å². The first-order chi connectivity index (χ1) is 6.93. The van der Waals surface area contributed by atoms with Crippen molar-refractivity contribution in [3.63, 3.8) is 0 Å². The minimum atomic E-state index is 0.792. The molecule has 14 heavy (non-hydrogen) atoms. The molecule has 81 valence electrons. The molecule has 0 bridgehead atoms. The second-order valence-corrected chi connectivity index (χ2v) is 4.16. The molecule has 1 rings (SSSR count). The summed E-state index contributed by atoms with van der Waals surface area (Å²) in [6.07, 6.45) is 15.4. The van der Waals surface area contributed by atoms with Gasteiger partial charge < -0.3 is 4.74 Å². The van der Waals surface area contributed by atoms with Crippen molar-refractivity contribution in [3.8, 4) is 0 Å². The molecule has 1 radical (unpaired) electrons. The fraction of sp³-hybridized carbons (Fsp3) is 0.769. The molecule has 1 unspecified atom stereocenters. The van der Waals surface area contributed by atoms with Crippen LogP contribution in [0.5, 0.6) is 0 Å². The van der Waals surface area contributed by atoms with Crippen LogP contribution in [0.15, 0.2) is 12.3 Å². The van der Waals surface area contributed by atoms with Gasteiger partial charge in [-0.1, -0.05) is 26.2 Å². The van der Waals surface area contributed by atoms with E-state index >= 15 is 0 Å². The van der Waals surface area contributed by atoms with Crippen LogP contribution >= 0.6 is 0 Å². The van der Waals surface area contributed by atoms with E-state index in [0.29, 0.717) is 0 Å². The number of rotatable bonds is 5. The average Bonchev–Trinajstić information content (AvgIpc) is 2.46. The fourth-order valence-electron chi connectivity index (χ4n) is 1.85. The first-order valence-corrected chi connectivity index (χ1v) is 6.01. The van der Waals surface area contributed by atoms with Crippen molar-refractivity contribution in [2.24, 2.45) is 5.92 Å². The highest BCUT2D eigenvalue weighted by Gasteiger charge is 2.11. The van der Waals surface area contributed by atoms with Gasteiger partial charge in [0.25, 0.3) is 0 Å². The summed E-state index contributed by atoms with van der Waals surface area (Å²) in [5, 5.41) is 0. The molecule has 0 aliphatic heterocycles. The zero-order valence-electron chi connectivity index (χ0n) is 9.37. The van der Waals surface area contributed by atoms with Crippen molar-refractivity contribution in [1.82, 2.24) is 0 Å². The standard InChI is InChI=1S/C13H23O/c1-2-3-8-11-14-12-13-9-6-4-5-7-10-13/h4,8,11,13H,2-3,5-7,9-10,12H2,1H3/b11-8+. The molecule has 1 fully saturated rings. The van der Waals surface area contributed by atoms with Gasteiger partial charge in [-0.3, -0.25) is 0 Å². The second kappa shape index (κ2) is 7.90. The van der Waals surface area contributed by atoms with E-state index in [-0.39, 0.29) is 0 Å². The van der Waals surface area contributed by atoms with E-state index in [4.69, 9.17) is 4.74 Å². The lowest BCUT2D eigenvalue weighted by molar-refractivity contribution is 0.183. The highest BCUT2D eigenvalue weighted by Crippen LogP contribution is 2.22. The zero-order chi connectivity index (χ0) is 10.1. The Hall–Kier alpha value is -0.460. The van der Waals surface area contributed by atoms with Gasteiger partial charge in [0.05, 0.1) is 12.9 Å². The van der Waals surface area contributed by atoms with Crippen LogP contribution in [0, 0.1) is 12.3 Å². The first-order valence-electron chi connectivity index (χ1n) is 6.01. The largest absolute Gasteiger partial charge is 0.501 e. The molecule has 1 heteroatoms. The molecule has 0 aromatic carbocycles. The summed E-state index contributed by atoms with van der Waals surface area (Å²) in [4.78, 5) is 0. The zero-order valence-corrected chi connectivity index (χ0v) is 9.37. The molecule has 0 saturated heterocycles. The predicted molar refractivity (Wildman–Crippen MR) is 60.9 cm³/mol. The highest BCUT2D eigenvalue weighted by atomic mass is 16.5. The quantitative estimate of drug-likeness (QED) is 0.474. The van der Waals surface area contributed by atoms with E-state index < -0.39 is 0 Å². The summed E-state index contributed by atoms with van der Waals surface area (Å²) < 4.78 is 5.54. The molecule has 0 N–H and O–H groups in total. The van der Waals surface area contributed by atoms with Crippen LogP contribution in [0.25, 0.3) is 0 Å². The number of ether oxygens (including phenoxy) is 1. The second-order valence-electron chi connectivity index (χ2n) is 4.16. The Morgan fingerprint density at radius 2 is 2.29 bits per heavy atom. The van der Waals surface area contributed by atoms with E-state index in [2.05, 4.69) is 19.4 Å². The van der Waals surface area contributed by atoms with Gasteiger partial charge in [-0.25, -0.2) is 0 Å². The molecule has 1 nitrogen and oxygen atoms in total. The first kappa shape index (κ1) is 11.6. The van der Waals surface area contributed by atoms with Crippen molar-refractivity contribution < 1.29 is 4.74 Å². The third kappa shape index (κ3) is 5.31. The summed E-state index contributed by atoms with van der Waals surface area (Å²) in [6.45, 7) is 3.11. The van der Waals surface area contributed by atoms with Crippen LogP contribution in [-0.4, -0.2) is 6.61 Å². The van der Waals surface area contributed by atoms with Crippen molar-refractivity contribution in [1.29, 1.82) is 0 Å². The number of unbranched alkanes of at least 4 members (excludes halogenated alkanes) is 1. The van der Waals surface area contributed by atoms with Crippen LogP contribution in [-0.2, 0) is 4.74 Å². The monoisotopic (exact) mass is 195 g/mol. The van der Waals surface area contributed by atoms with Gasteiger partial charge in [0.2, 0.25) is 0 Å². The van der Waals surface area contributed by atoms with Crippen molar-refractivity contribution in [2.75, 3.05) is 6.61 Å². The molecule has 1 atom stereocenters. The lowest BCUT2D eigenvalue weighted by Gasteiger charge is -2.12. The molecule has 1 aliphatic carbocycles. The van der Waals surface area contributed by atoms with E-state index in [1.165, 1.54) is 38.5 Å². The van der Waals surface area contributed by atoms with Gasteiger partial charge in [0.1, 0.15) is 0 Å². The van der Waals surface area contributed by atoms with E-state index in [1.54, 1.807) is 0 Å². The lowest BCUT2D eigenvalue weighted by atomic mass is 10.0. The van der Waals surface area contributed by atoms with Gasteiger partial charge in [0.15, 0.2) is 0 Å². The summed E-state index contributed by atoms with van der Waals surface area (Å²) >= 11 is 0. The van der Waals surface area contributed by atoms with Crippen molar-refractivity contribution in [2.45, 2.75) is 51.9 Å². The topological polar surface area (TPSA) is 9.23 Å². The van der Waals surface area contributed by atoms with Crippen LogP contribution in [0.4, 0.5) is 0 Å². The maximum absolute atomic E-state index is 5.54. The molecule has 0 amide bonds. The molecule has 1 aliphatic rings. The number of hydrogen-bond donors (Lipinski definition) is 0. The van der Waals surface area contributed by atoms with E-state index in [0.717, 1.165) is 18.9 Å². The normalized spacial score (nSPS) is 19.8. The Bertz CT molecular complexity index is 143. The molecule has 0 aromatic rings. The molecule has 0 aromatic heterocycles. The molecular formula is C13H23O. The predicted octanol–water partition coefficient (Wildman–Crippen LogP) is 4.10. The summed E-state index contributed by atoms with van der Waals surface area (Å²) in [5.41, 5.74) is 0. The summed E-state index contributed by atoms with van der Waals surface area (Å²) in [7, 11) is 0. The number of allylic oxidation sites excluding steroid dienone is 1. The lowest BCUT2D eigenvalue weighted by Crippen LogP contribution is -2.05. The summed E-state index contributed by atoms with van der Waals surface area (Å²) in [5.74, 6) is 0.792. The SMILES string of the molecule is CCC/C=C/OCC1CC[CH]CCC1.